The molecule has 0 aliphatic carbocycles. The fraction of sp³-hybridized carbons (Fsp3) is 0.444. The van der Waals surface area contributed by atoms with Crippen molar-refractivity contribution in [3.8, 4) is 5.75 Å². The standard InChI is InChI=1S/C36H48N9O11/c1-35(2)36(3,4)45(55)32(44(35)54)22-12-14-23(15-13-22)56-20-28(47)41-24(11-8-16-39-34(37)38)30(50)40-19-27(46)42-25(18-29(48)49)31(51)43-26(33(52)53)17-21-9-6-5-7-10-21/h5-7,9-10,12-15,24-26H,8,11,16-20H2,1-4H3,(H,40,50)(H,41,47)(H,42,46)(H,43,51)(H,48,49)(H,52,53)(H4,37,38,39)/q-1/t24-,25-,26-/m0/s1. The average molecular weight is 783 g/mol. The molecule has 56 heavy (non-hydrogen) atoms. The zero-order valence-electron chi connectivity index (χ0n) is 31.4. The number of aliphatic imine (C=N–C) groups is 1. The molecular weight excluding hydrogens is 734 g/mol. The van der Waals surface area contributed by atoms with Gasteiger partial charge < -0.3 is 58.1 Å². The first-order chi connectivity index (χ1) is 26.2. The van der Waals surface area contributed by atoms with Gasteiger partial charge in [-0.25, -0.2) is 4.79 Å². The molecule has 10 N–H and O–H groups in total. The Labute approximate surface area is 322 Å². The monoisotopic (exact) mass is 782 g/mol. The van der Waals surface area contributed by atoms with Gasteiger partial charge in [-0.15, -0.1) is 0 Å². The number of nitrogens with zero attached hydrogens (tertiary/aromatic N) is 3. The molecule has 3 rings (SSSR count). The number of carboxylic acids is 2. The van der Waals surface area contributed by atoms with Crippen LogP contribution in [0.1, 0.15) is 58.1 Å². The molecule has 0 radical (unpaired) electrons. The van der Waals surface area contributed by atoms with Gasteiger partial charge in [0.15, 0.2) is 12.6 Å². The Bertz CT molecular complexity index is 1810. The number of carbonyl (C=O) groups excluding carboxylic acids is 4. The zero-order valence-corrected chi connectivity index (χ0v) is 31.4. The van der Waals surface area contributed by atoms with Crippen molar-refractivity contribution in [3.05, 3.63) is 76.1 Å². The molecule has 1 aliphatic rings. The van der Waals surface area contributed by atoms with Gasteiger partial charge in [-0.05, 0) is 70.4 Å². The molecule has 0 unspecified atom stereocenters. The van der Waals surface area contributed by atoms with Gasteiger partial charge in [0.1, 0.15) is 35.0 Å². The summed E-state index contributed by atoms with van der Waals surface area (Å²) in [6.45, 7) is 5.49. The molecule has 4 amide bonds. The van der Waals surface area contributed by atoms with Crippen LogP contribution in [0.3, 0.4) is 0 Å². The highest BCUT2D eigenvalue weighted by atomic mass is 16.5. The van der Waals surface area contributed by atoms with Gasteiger partial charge in [0, 0.05) is 13.0 Å². The largest absolute Gasteiger partial charge is 0.715 e. The minimum Gasteiger partial charge on any atom is -0.715 e. The molecule has 0 aromatic heterocycles. The Hall–Kier alpha value is -6.44. The number of ether oxygens (including phenoxy) is 1. The summed E-state index contributed by atoms with van der Waals surface area (Å²) >= 11 is 0. The highest BCUT2D eigenvalue weighted by Gasteiger charge is 2.54. The summed E-state index contributed by atoms with van der Waals surface area (Å²) in [4.78, 5) is 78.9. The third-order valence-corrected chi connectivity index (χ3v) is 9.33. The quantitative estimate of drug-likeness (QED) is 0.0266. The summed E-state index contributed by atoms with van der Waals surface area (Å²) < 4.78 is 6.22. The van der Waals surface area contributed by atoms with Crippen LogP contribution in [0, 0.1) is 10.4 Å². The first-order valence-electron chi connectivity index (χ1n) is 17.5. The highest BCUT2D eigenvalue weighted by Crippen LogP contribution is 2.37. The minimum atomic E-state index is -1.69. The molecule has 304 valence electrons. The van der Waals surface area contributed by atoms with Gasteiger partial charge in [0.25, 0.3) is 11.7 Å². The molecule has 3 atom stereocenters. The van der Waals surface area contributed by atoms with Gasteiger partial charge in [-0.2, -0.15) is 0 Å². The number of hydrogen-bond donors (Lipinski definition) is 8. The van der Waals surface area contributed by atoms with Crippen molar-refractivity contribution in [3.63, 3.8) is 0 Å². The lowest BCUT2D eigenvalue weighted by molar-refractivity contribution is -0.539. The lowest BCUT2D eigenvalue weighted by Gasteiger charge is -2.39. The number of carboxylic acid groups (broad SMARTS) is 2. The van der Waals surface area contributed by atoms with Gasteiger partial charge >= 0.3 is 11.9 Å². The summed E-state index contributed by atoms with van der Waals surface area (Å²) in [5.74, 6) is -6.48. The molecule has 1 aliphatic heterocycles. The second-order valence-electron chi connectivity index (χ2n) is 13.9. The molecule has 0 fully saturated rings. The summed E-state index contributed by atoms with van der Waals surface area (Å²) in [6, 6.07) is 9.97. The van der Waals surface area contributed by atoms with E-state index < -0.39 is 84.3 Å². The number of rotatable bonds is 20. The van der Waals surface area contributed by atoms with E-state index >= 15 is 0 Å². The van der Waals surface area contributed by atoms with Crippen LogP contribution >= 0.6 is 0 Å². The van der Waals surface area contributed by atoms with Crippen molar-refractivity contribution < 1.29 is 48.5 Å². The van der Waals surface area contributed by atoms with E-state index in [-0.39, 0.29) is 43.4 Å². The Morgan fingerprint density at radius 2 is 1.50 bits per heavy atom. The van der Waals surface area contributed by atoms with Gasteiger partial charge in [-0.1, -0.05) is 30.3 Å². The van der Waals surface area contributed by atoms with Crippen LogP contribution in [0.5, 0.6) is 5.75 Å². The van der Waals surface area contributed by atoms with E-state index in [0.29, 0.717) is 20.9 Å². The van der Waals surface area contributed by atoms with Gasteiger partial charge in [0.05, 0.1) is 18.5 Å². The SMILES string of the molecule is CC1(C)N([O-])C(c2ccc(OCC(=O)N[C@@H](CCCN=C(N)N)C(=O)NCC(=O)N[C@@H](CC(=O)O)C(=O)N[C@@H](Cc3ccccc3)C(=O)O)cc2)=[N+]([O-])C1(C)C. The predicted octanol–water partition coefficient (Wildman–Crippen LogP) is -0.881. The van der Waals surface area contributed by atoms with Crippen LogP contribution in [-0.4, -0.2) is 116 Å². The second kappa shape index (κ2) is 19.2. The maximum atomic E-state index is 13.2. The van der Waals surface area contributed by atoms with Crippen LogP contribution < -0.4 is 37.5 Å². The second-order valence-corrected chi connectivity index (χ2v) is 13.9. The fourth-order valence-corrected chi connectivity index (χ4v) is 5.44. The van der Waals surface area contributed by atoms with E-state index in [4.69, 9.17) is 16.2 Å². The number of amidine groups is 1. The minimum absolute atomic E-state index is 0.00933. The van der Waals surface area contributed by atoms with E-state index in [1.54, 1.807) is 58.0 Å². The molecule has 1 heterocycles. The Morgan fingerprint density at radius 1 is 0.875 bits per heavy atom. The van der Waals surface area contributed by atoms with Crippen LogP contribution in [0.2, 0.25) is 0 Å². The highest BCUT2D eigenvalue weighted by molar-refractivity contribution is 5.97. The molecule has 0 saturated heterocycles. The smallest absolute Gasteiger partial charge is 0.326 e. The number of hydroxylamine groups is 3. The zero-order chi connectivity index (χ0) is 41.8. The maximum absolute atomic E-state index is 13.2. The molecule has 2 aromatic carbocycles. The predicted molar refractivity (Wildman–Crippen MR) is 202 cm³/mol. The Balaban J connectivity index is 1.61. The molecule has 0 saturated carbocycles. The fourth-order valence-electron chi connectivity index (χ4n) is 5.44. The number of nitrogens with one attached hydrogen (secondary N) is 4. The molecule has 20 heteroatoms. The van der Waals surface area contributed by atoms with Crippen LogP contribution in [0.25, 0.3) is 0 Å². The van der Waals surface area contributed by atoms with E-state index in [1.165, 1.54) is 24.3 Å². The van der Waals surface area contributed by atoms with Crippen molar-refractivity contribution in [2.45, 2.75) is 82.6 Å². The number of hydrogen-bond acceptors (Lipinski definition) is 11. The third-order valence-electron chi connectivity index (χ3n) is 9.33. The Morgan fingerprint density at radius 3 is 2.05 bits per heavy atom. The summed E-state index contributed by atoms with van der Waals surface area (Å²) in [7, 11) is 0. The normalized spacial score (nSPS) is 15.8. The summed E-state index contributed by atoms with van der Waals surface area (Å²) in [6.07, 6.45) is -0.771. The number of nitrogens with two attached hydrogens (primary N) is 2. The Kier molecular flexibility index (Phi) is 15.1. The maximum Gasteiger partial charge on any atom is 0.326 e. The van der Waals surface area contributed by atoms with E-state index in [0.717, 1.165) is 0 Å². The molecular formula is C36H48N9O11-. The van der Waals surface area contributed by atoms with E-state index in [9.17, 15) is 49.4 Å². The first kappa shape index (κ1) is 44.0. The van der Waals surface area contributed by atoms with Crippen LogP contribution in [0.15, 0.2) is 59.6 Å². The number of amides is 4. The molecule has 2 aromatic rings. The van der Waals surface area contributed by atoms with Crippen LogP contribution in [-0.2, 0) is 35.2 Å². The van der Waals surface area contributed by atoms with Crippen molar-refractivity contribution >= 4 is 47.4 Å². The van der Waals surface area contributed by atoms with Crippen molar-refractivity contribution in [1.82, 2.24) is 26.3 Å². The molecule has 0 spiro atoms. The lowest BCUT2D eigenvalue weighted by atomic mass is 9.84. The topological polar surface area (TPSA) is 317 Å². The first-order valence-corrected chi connectivity index (χ1v) is 17.5. The lowest BCUT2D eigenvalue weighted by Crippen LogP contribution is -2.55. The number of aliphatic carboxylic acids is 2. The summed E-state index contributed by atoms with van der Waals surface area (Å²) in [5.41, 5.74) is 9.63. The molecule has 20 nitrogen and oxygen atoms in total. The van der Waals surface area contributed by atoms with Crippen molar-refractivity contribution in [2.75, 3.05) is 19.7 Å². The average Bonchev–Trinajstić information content (AvgIpc) is 3.25. The number of guanidine groups is 1. The summed E-state index contributed by atoms with van der Waals surface area (Å²) in [5, 5.41) is 54.8. The third kappa shape index (κ3) is 11.8. The van der Waals surface area contributed by atoms with Crippen molar-refractivity contribution in [1.29, 1.82) is 0 Å². The number of benzene rings is 2. The van der Waals surface area contributed by atoms with Gasteiger partial charge in [-0.3, -0.25) is 38.8 Å². The molecule has 0 bridgehead atoms. The van der Waals surface area contributed by atoms with Gasteiger partial charge in [0.2, 0.25) is 17.7 Å². The van der Waals surface area contributed by atoms with Crippen LogP contribution in [0.4, 0.5) is 0 Å². The number of carbonyl (C=O) groups is 6. The van der Waals surface area contributed by atoms with E-state index in [2.05, 4.69) is 26.3 Å². The van der Waals surface area contributed by atoms with Crippen molar-refractivity contribution in [2.24, 2.45) is 16.5 Å². The van der Waals surface area contributed by atoms with E-state index in [1.807, 2.05) is 0 Å².